The zero-order valence-corrected chi connectivity index (χ0v) is 15.7. The molecule has 2 aromatic rings. The lowest BCUT2D eigenvalue weighted by Gasteiger charge is -2.17. The number of Topliss-reactive ketones (excluding diaryl/α,β-unsaturated/α-hetero) is 1. The fourth-order valence-electron chi connectivity index (χ4n) is 2.39. The minimum atomic E-state index is -0.642. The third-order valence-electron chi connectivity index (χ3n) is 3.79. The predicted octanol–water partition coefficient (Wildman–Crippen LogP) is -0.583. The fraction of sp³-hybridized carbons (Fsp3) is 0.278. The van der Waals surface area contributed by atoms with Crippen molar-refractivity contribution in [2.45, 2.75) is 25.5 Å². The summed E-state index contributed by atoms with van der Waals surface area (Å²) in [6.45, 7) is 2.53. The smallest absolute Gasteiger partial charge is 0.168 e. The lowest BCUT2D eigenvalue weighted by atomic mass is 10.0. The Morgan fingerprint density at radius 3 is 2.50 bits per heavy atom. The van der Waals surface area contributed by atoms with E-state index in [1.807, 2.05) is 36.5 Å². The summed E-state index contributed by atoms with van der Waals surface area (Å²) < 4.78 is 0.892. The average molecular weight is 415 g/mol. The molecule has 0 saturated heterocycles. The van der Waals surface area contributed by atoms with E-state index in [-0.39, 0.29) is 30.0 Å². The van der Waals surface area contributed by atoms with Crippen molar-refractivity contribution in [2.24, 2.45) is 0 Å². The molecule has 2 aromatic carbocycles. The molecule has 6 heteroatoms. The SMILES string of the molecule is CC([NH2+]CCC(=O)c1cccc(Br)c1)C(O)c1ccc(O)cc1.[Cl-]. The third kappa shape index (κ3) is 5.91. The van der Waals surface area contributed by atoms with Crippen LogP contribution in [0.2, 0.25) is 0 Å². The molecule has 2 atom stereocenters. The first-order valence-corrected chi connectivity index (χ1v) is 8.36. The van der Waals surface area contributed by atoms with Gasteiger partial charge in [0.2, 0.25) is 0 Å². The van der Waals surface area contributed by atoms with E-state index >= 15 is 0 Å². The fourth-order valence-corrected chi connectivity index (χ4v) is 2.79. The first-order valence-electron chi connectivity index (χ1n) is 7.56. The van der Waals surface area contributed by atoms with Gasteiger partial charge in [0.25, 0.3) is 0 Å². The van der Waals surface area contributed by atoms with Crippen LogP contribution in [-0.2, 0) is 0 Å². The number of aromatic hydroxyl groups is 1. The maximum absolute atomic E-state index is 12.1. The molecule has 0 aliphatic heterocycles. The van der Waals surface area contributed by atoms with Crippen LogP contribution in [0.25, 0.3) is 0 Å². The molecule has 0 saturated carbocycles. The summed E-state index contributed by atoms with van der Waals surface area (Å²) >= 11 is 3.36. The molecule has 0 aliphatic carbocycles. The van der Waals surface area contributed by atoms with Gasteiger partial charge in [0.05, 0.1) is 13.0 Å². The van der Waals surface area contributed by atoms with Gasteiger partial charge in [-0.15, -0.1) is 0 Å². The number of nitrogens with two attached hydrogens (primary N) is 1. The summed E-state index contributed by atoms with van der Waals surface area (Å²) in [6.07, 6.45) is -0.222. The van der Waals surface area contributed by atoms with Gasteiger partial charge < -0.3 is 27.9 Å². The van der Waals surface area contributed by atoms with Crippen LogP contribution in [0.5, 0.6) is 5.75 Å². The van der Waals surface area contributed by atoms with E-state index in [9.17, 15) is 15.0 Å². The second kappa shape index (κ2) is 9.79. The molecule has 24 heavy (non-hydrogen) atoms. The number of hydrogen-bond donors (Lipinski definition) is 3. The van der Waals surface area contributed by atoms with Gasteiger partial charge in [0.15, 0.2) is 5.78 Å². The van der Waals surface area contributed by atoms with Crippen LogP contribution in [0.1, 0.15) is 35.4 Å². The minimum absolute atomic E-state index is 0. The molecule has 0 amide bonds. The Bertz CT molecular complexity index is 664. The molecular weight excluding hydrogens is 394 g/mol. The number of halogens is 2. The van der Waals surface area contributed by atoms with Crippen molar-refractivity contribution in [3.8, 4) is 5.75 Å². The molecule has 0 bridgehead atoms. The Hall–Kier alpha value is -1.40. The monoisotopic (exact) mass is 413 g/mol. The highest BCUT2D eigenvalue weighted by molar-refractivity contribution is 9.10. The van der Waals surface area contributed by atoms with Crippen molar-refractivity contribution >= 4 is 21.7 Å². The van der Waals surface area contributed by atoms with Crippen molar-refractivity contribution in [1.29, 1.82) is 0 Å². The predicted molar refractivity (Wildman–Crippen MR) is 92.4 cm³/mol. The second-order valence-corrected chi connectivity index (χ2v) is 6.52. The van der Waals surface area contributed by atoms with Crippen molar-refractivity contribution < 1.29 is 32.7 Å². The minimum Gasteiger partial charge on any atom is -1.00 e. The summed E-state index contributed by atoms with van der Waals surface area (Å²) in [6, 6.07) is 13.8. The van der Waals surface area contributed by atoms with E-state index in [1.165, 1.54) is 0 Å². The molecule has 0 fully saturated rings. The number of phenols is 1. The van der Waals surface area contributed by atoms with Crippen LogP contribution in [0, 0.1) is 0 Å². The molecule has 2 unspecified atom stereocenters. The lowest BCUT2D eigenvalue weighted by Crippen LogP contribution is -3.00. The average Bonchev–Trinajstić information content (AvgIpc) is 2.54. The van der Waals surface area contributed by atoms with Crippen LogP contribution in [0.4, 0.5) is 0 Å². The van der Waals surface area contributed by atoms with Gasteiger partial charge in [-0.2, -0.15) is 0 Å². The molecule has 4 N–H and O–H groups in total. The molecule has 0 spiro atoms. The Morgan fingerprint density at radius 1 is 1.21 bits per heavy atom. The quantitative estimate of drug-likeness (QED) is 0.531. The number of aliphatic hydroxyl groups excluding tert-OH is 1. The van der Waals surface area contributed by atoms with Gasteiger partial charge >= 0.3 is 0 Å². The normalized spacial score (nSPS) is 13.0. The molecular formula is C18H21BrClNO3. The van der Waals surface area contributed by atoms with Crippen molar-refractivity contribution in [3.05, 3.63) is 64.1 Å². The standard InChI is InChI=1S/C18H20BrNO3.ClH/c1-12(18(23)13-5-7-16(21)8-6-13)20-10-9-17(22)14-3-2-4-15(19)11-14;/h2-8,11-12,18,20-21,23H,9-10H2,1H3;1H. The third-order valence-corrected chi connectivity index (χ3v) is 4.28. The Morgan fingerprint density at radius 2 is 1.88 bits per heavy atom. The summed E-state index contributed by atoms with van der Waals surface area (Å²) in [5, 5.41) is 21.5. The molecule has 0 radical (unpaired) electrons. The van der Waals surface area contributed by atoms with E-state index in [4.69, 9.17) is 0 Å². The van der Waals surface area contributed by atoms with E-state index in [0.717, 1.165) is 10.0 Å². The van der Waals surface area contributed by atoms with Gasteiger partial charge in [-0.3, -0.25) is 4.79 Å². The van der Waals surface area contributed by atoms with E-state index in [2.05, 4.69) is 15.9 Å². The number of hydrogen-bond acceptors (Lipinski definition) is 3. The summed E-state index contributed by atoms with van der Waals surface area (Å²) in [5.41, 5.74) is 1.45. The number of carbonyl (C=O) groups is 1. The highest BCUT2D eigenvalue weighted by atomic mass is 79.9. The van der Waals surface area contributed by atoms with Gasteiger partial charge in [-0.1, -0.05) is 40.2 Å². The number of rotatable bonds is 7. The molecule has 130 valence electrons. The van der Waals surface area contributed by atoms with E-state index in [0.29, 0.717) is 18.5 Å². The largest absolute Gasteiger partial charge is 1.00 e. The molecule has 0 aromatic heterocycles. The summed E-state index contributed by atoms with van der Waals surface area (Å²) in [7, 11) is 0. The Labute approximate surface area is 156 Å². The molecule has 0 aliphatic rings. The number of aliphatic hydroxyl groups is 1. The number of phenolic OH excluding ortho intramolecular Hbond substituents is 1. The highest BCUT2D eigenvalue weighted by Gasteiger charge is 2.19. The first kappa shape index (κ1) is 20.6. The van der Waals surface area contributed by atoms with E-state index < -0.39 is 6.10 Å². The van der Waals surface area contributed by atoms with Crippen molar-refractivity contribution in [2.75, 3.05) is 6.54 Å². The first-order chi connectivity index (χ1) is 11.0. The van der Waals surface area contributed by atoms with Gasteiger partial charge in [-0.25, -0.2) is 0 Å². The lowest BCUT2D eigenvalue weighted by molar-refractivity contribution is -0.693. The van der Waals surface area contributed by atoms with Gasteiger partial charge in [0, 0.05) is 10.0 Å². The Kier molecular flexibility index (Phi) is 8.42. The van der Waals surface area contributed by atoms with Gasteiger partial charge in [0.1, 0.15) is 17.9 Å². The molecule has 2 rings (SSSR count). The summed E-state index contributed by atoms with van der Waals surface area (Å²) in [4.78, 5) is 12.1. The van der Waals surface area contributed by atoms with Crippen LogP contribution in [-0.4, -0.2) is 28.6 Å². The maximum atomic E-state index is 12.1. The molecule has 4 nitrogen and oxygen atoms in total. The van der Waals surface area contributed by atoms with Crippen LogP contribution >= 0.6 is 15.9 Å². The van der Waals surface area contributed by atoms with E-state index in [1.54, 1.807) is 24.3 Å². The zero-order chi connectivity index (χ0) is 16.8. The van der Waals surface area contributed by atoms with Crippen molar-refractivity contribution in [3.63, 3.8) is 0 Å². The van der Waals surface area contributed by atoms with Crippen molar-refractivity contribution in [1.82, 2.24) is 0 Å². The maximum Gasteiger partial charge on any atom is 0.168 e. The second-order valence-electron chi connectivity index (χ2n) is 5.60. The number of benzene rings is 2. The summed E-state index contributed by atoms with van der Waals surface area (Å²) in [5.74, 6) is 0.270. The van der Waals surface area contributed by atoms with Crippen LogP contribution in [0.3, 0.4) is 0 Å². The van der Waals surface area contributed by atoms with Crippen LogP contribution < -0.4 is 17.7 Å². The Balaban J connectivity index is 0.00000288. The van der Waals surface area contributed by atoms with Crippen LogP contribution in [0.15, 0.2) is 53.0 Å². The number of quaternary nitrogens is 1. The highest BCUT2D eigenvalue weighted by Crippen LogP contribution is 2.18. The molecule has 0 heterocycles. The zero-order valence-electron chi connectivity index (χ0n) is 13.3. The van der Waals surface area contributed by atoms with Gasteiger partial charge in [-0.05, 0) is 36.8 Å². The number of carbonyl (C=O) groups excluding carboxylic acids is 1. The topological polar surface area (TPSA) is 74.1 Å². The number of ketones is 1.